The van der Waals surface area contributed by atoms with Crippen molar-refractivity contribution in [1.82, 2.24) is 15.1 Å². The van der Waals surface area contributed by atoms with Gasteiger partial charge in [0.05, 0.1) is 12.1 Å². The van der Waals surface area contributed by atoms with Crippen molar-refractivity contribution in [1.29, 1.82) is 0 Å². The maximum absolute atomic E-state index is 12.9. The van der Waals surface area contributed by atoms with Gasteiger partial charge in [-0.05, 0) is 56.1 Å². The van der Waals surface area contributed by atoms with Crippen LogP contribution in [0.15, 0.2) is 23.5 Å². The van der Waals surface area contributed by atoms with Gasteiger partial charge in [0, 0.05) is 31.6 Å². The predicted octanol–water partition coefficient (Wildman–Crippen LogP) is 1.96. The number of rotatable bonds is 2. The highest BCUT2D eigenvalue weighted by molar-refractivity contribution is 5.79. The number of carbonyl (C=O) groups excluding carboxylic acids is 2. The summed E-state index contributed by atoms with van der Waals surface area (Å²) in [6.45, 7) is 3.06. The van der Waals surface area contributed by atoms with Crippen molar-refractivity contribution in [2.75, 3.05) is 32.8 Å². The first kappa shape index (κ1) is 18.0. The molecule has 2 aliphatic carbocycles. The Labute approximate surface area is 165 Å². The number of carbonyl (C=O) groups is 2. The Kier molecular flexibility index (Phi) is 4.38. The molecule has 152 valence electrons. The number of nitrogens with zero attached hydrogens (tertiary/aromatic N) is 2. The third kappa shape index (κ3) is 3.19. The van der Waals surface area contributed by atoms with E-state index in [-0.39, 0.29) is 30.7 Å². The molecule has 4 fully saturated rings. The molecule has 0 aromatic carbocycles. The van der Waals surface area contributed by atoms with Crippen LogP contribution in [0.25, 0.3) is 0 Å². The number of nitrogens with one attached hydrogen (secondary N) is 1. The van der Waals surface area contributed by atoms with Gasteiger partial charge in [0.15, 0.2) is 0 Å². The zero-order valence-corrected chi connectivity index (χ0v) is 16.2. The largest absolute Gasteiger partial charge is 0.508 e. The van der Waals surface area contributed by atoms with Crippen LogP contribution >= 0.6 is 0 Å². The summed E-state index contributed by atoms with van der Waals surface area (Å²) >= 11 is 0. The molecule has 0 radical (unpaired) electrons. The molecule has 1 saturated carbocycles. The Morgan fingerprint density at radius 3 is 2.82 bits per heavy atom. The number of amides is 3. The molecular weight excluding hydrogens is 358 g/mol. The van der Waals surface area contributed by atoms with Gasteiger partial charge in [-0.15, -0.1) is 0 Å². The van der Waals surface area contributed by atoms with Crippen molar-refractivity contribution in [3.8, 4) is 0 Å². The maximum atomic E-state index is 12.9. The van der Waals surface area contributed by atoms with Crippen LogP contribution in [0.1, 0.15) is 38.5 Å². The highest BCUT2D eigenvalue weighted by Gasteiger charge is 2.54. The molecule has 1 spiro atoms. The Balaban J connectivity index is 1.09. The molecule has 5 rings (SSSR count). The van der Waals surface area contributed by atoms with E-state index in [4.69, 9.17) is 4.74 Å². The predicted molar refractivity (Wildman–Crippen MR) is 103 cm³/mol. The van der Waals surface area contributed by atoms with Crippen LogP contribution in [0, 0.1) is 11.3 Å². The average Bonchev–Trinajstić information content (AvgIpc) is 2.63. The molecule has 0 bridgehead atoms. The molecule has 2 atom stereocenters. The van der Waals surface area contributed by atoms with Gasteiger partial charge >= 0.3 is 6.03 Å². The van der Waals surface area contributed by atoms with Gasteiger partial charge in [0.2, 0.25) is 5.91 Å². The van der Waals surface area contributed by atoms with Crippen molar-refractivity contribution < 1.29 is 19.4 Å². The average molecular weight is 387 g/mol. The van der Waals surface area contributed by atoms with Gasteiger partial charge in [-0.25, -0.2) is 4.79 Å². The van der Waals surface area contributed by atoms with E-state index in [0.717, 1.165) is 57.2 Å². The van der Waals surface area contributed by atoms with Crippen molar-refractivity contribution >= 4 is 11.9 Å². The Morgan fingerprint density at radius 2 is 2.04 bits per heavy atom. The van der Waals surface area contributed by atoms with Gasteiger partial charge < -0.3 is 25.0 Å². The minimum atomic E-state index is -0.0899. The summed E-state index contributed by atoms with van der Waals surface area (Å²) in [6.07, 6.45) is 10.2. The fraction of sp³-hybridized carbons (Fsp3) is 0.714. The second-order valence-electron chi connectivity index (χ2n) is 9.27. The van der Waals surface area contributed by atoms with Crippen LogP contribution in [0.5, 0.6) is 0 Å². The normalized spacial score (nSPS) is 31.9. The van der Waals surface area contributed by atoms with Gasteiger partial charge in [-0.2, -0.15) is 0 Å². The van der Waals surface area contributed by atoms with Crippen LogP contribution < -0.4 is 5.32 Å². The fourth-order valence-electron chi connectivity index (χ4n) is 5.75. The number of piperidine rings is 1. The molecular formula is C21H29N3O4. The molecule has 28 heavy (non-hydrogen) atoms. The van der Waals surface area contributed by atoms with Crippen LogP contribution in [-0.4, -0.2) is 71.8 Å². The van der Waals surface area contributed by atoms with Gasteiger partial charge in [-0.3, -0.25) is 4.79 Å². The number of fused-ring (bicyclic) bond motifs is 1. The van der Waals surface area contributed by atoms with Gasteiger partial charge in [0.1, 0.15) is 12.4 Å². The van der Waals surface area contributed by atoms with Crippen molar-refractivity contribution in [2.45, 2.75) is 50.7 Å². The summed E-state index contributed by atoms with van der Waals surface area (Å²) in [7, 11) is 0. The van der Waals surface area contributed by atoms with Crippen molar-refractivity contribution in [3.63, 3.8) is 0 Å². The molecule has 2 unspecified atom stereocenters. The molecule has 0 aromatic rings. The number of aliphatic hydroxyl groups is 1. The van der Waals surface area contributed by atoms with E-state index in [9.17, 15) is 14.7 Å². The first-order valence-electron chi connectivity index (χ1n) is 10.5. The van der Waals surface area contributed by atoms with Gasteiger partial charge in [0.25, 0.3) is 0 Å². The number of hydrogen-bond donors (Lipinski definition) is 2. The van der Waals surface area contributed by atoms with E-state index in [1.54, 1.807) is 0 Å². The summed E-state index contributed by atoms with van der Waals surface area (Å²) in [4.78, 5) is 28.2. The highest BCUT2D eigenvalue weighted by Crippen LogP contribution is 2.54. The second-order valence-corrected chi connectivity index (χ2v) is 9.27. The minimum Gasteiger partial charge on any atom is -0.508 e. The molecule has 7 heteroatoms. The summed E-state index contributed by atoms with van der Waals surface area (Å²) < 4.78 is 5.57. The second kappa shape index (κ2) is 6.79. The summed E-state index contributed by atoms with van der Waals surface area (Å²) in [6, 6.07) is 0.0229. The number of urea groups is 1. The third-order valence-electron chi connectivity index (χ3n) is 7.09. The molecule has 3 saturated heterocycles. The zero-order chi connectivity index (χ0) is 19.3. The van der Waals surface area contributed by atoms with Crippen LogP contribution in [-0.2, 0) is 9.53 Å². The molecule has 2 N–H and O–H groups in total. The summed E-state index contributed by atoms with van der Waals surface area (Å²) in [5, 5.41) is 13.0. The van der Waals surface area contributed by atoms with E-state index in [1.807, 2.05) is 15.9 Å². The lowest BCUT2D eigenvalue weighted by molar-refractivity contribution is -0.140. The Bertz CT molecular complexity index is 732. The molecule has 5 aliphatic rings. The summed E-state index contributed by atoms with van der Waals surface area (Å²) in [5.41, 5.74) is 1.41. The smallest absolute Gasteiger partial charge is 0.320 e. The molecule has 3 amide bonds. The zero-order valence-electron chi connectivity index (χ0n) is 16.2. The van der Waals surface area contributed by atoms with E-state index >= 15 is 0 Å². The monoisotopic (exact) mass is 387 g/mol. The van der Waals surface area contributed by atoms with Crippen molar-refractivity contribution in [2.24, 2.45) is 11.3 Å². The van der Waals surface area contributed by atoms with Crippen LogP contribution in [0.3, 0.4) is 0 Å². The Morgan fingerprint density at radius 1 is 1.25 bits per heavy atom. The lowest BCUT2D eigenvalue weighted by Gasteiger charge is -2.60. The number of morpholine rings is 1. The fourth-order valence-corrected chi connectivity index (χ4v) is 5.75. The number of likely N-dealkylation sites (tertiary alicyclic amines) is 2. The standard InChI is InChI=1S/C21H29N3O4/c25-17-4-2-1-3-15(17)7-14-8-21(9-14)12-24(13-21)20(27)23-6-5-18-16(10-23)22-19(26)11-28-18/h3-4,14,16,18,25H,1-2,5-13H2,(H,22,26). The number of ether oxygens (including phenoxy) is 1. The van der Waals surface area contributed by atoms with Crippen molar-refractivity contribution in [3.05, 3.63) is 23.5 Å². The number of hydrogen-bond acceptors (Lipinski definition) is 4. The van der Waals surface area contributed by atoms with Gasteiger partial charge in [-0.1, -0.05) is 6.08 Å². The molecule has 3 heterocycles. The van der Waals surface area contributed by atoms with Crippen LogP contribution in [0.2, 0.25) is 0 Å². The van der Waals surface area contributed by atoms with E-state index in [0.29, 0.717) is 30.2 Å². The van der Waals surface area contributed by atoms with E-state index < -0.39 is 0 Å². The Hall–Kier alpha value is -2.02. The maximum Gasteiger partial charge on any atom is 0.320 e. The molecule has 7 nitrogen and oxygen atoms in total. The number of allylic oxidation sites excluding steroid dienone is 3. The van der Waals surface area contributed by atoms with Crippen LogP contribution in [0.4, 0.5) is 4.79 Å². The molecule has 0 aromatic heterocycles. The topological polar surface area (TPSA) is 82.1 Å². The minimum absolute atomic E-state index is 0.0384. The molecule has 3 aliphatic heterocycles. The first-order chi connectivity index (χ1) is 13.5. The lowest BCUT2D eigenvalue weighted by Crippen LogP contribution is -2.68. The first-order valence-corrected chi connectivity index (χ1v) is 10.5. The summed E-state index contributed by atoms with van der Waals surface area (Å²) in [5.74, 6) is 1.01. The van der Waals surface area contributed by atoms with E-state index in [1.165, 1.54) is 0 Å². The lowest BCUT2D eigenvalue weighted by atomic mass is 9.56. The third-order valence-corrected chi connectivity index (χ3v) is 7.09. The highest BCUT2D eigenvalue weighted by atomic mass is 16.5. The number of aliphatic hydroxyl groups excluding tert-OH is 1. The quantitative estimate of drug-likeness (QED) is 0.759. The SMILES string of the molecule is O=C1COC2CCN(C(=O)N3CC4(CC(CC5=CCCC=C5O)C4)C3)CC2N1. The van der Waals surface area contributed by atoms with E-state index in [2.05, 4.69) is 11.4 Å².